The molecule has 1 unspecified atom stereocenters. The van der Waals surface area contributed by atoms with Gasteiger partial charge < -0.3 is 10.8 Å². The Hall–Kier alpha value is -0.510. The zero-order chi connectivity index (χ0) is 12.0. The molecule has 0 spiro atoms. The van der Waals surface area contributed by atoms with E-state index in [-0.39, 0.29) is 12.6 Å². The SMILES string of the molecule is CC[C@@H](N)c1ccccc1SCC(C)CO. The molecular weight excluding hydrogens is 218 g/mol. The first kappa shape index (κ1) is 13.6. The first-order chi connectivity index (χ1) is 7.69. The predicted octanol–water partition coefficient (Wildman–Crippen LogP) is 2.82. The molecule has 1 rings (SSSR count). The summed E-state index contributed by atoms with van der Waals surface area (Å²) < 4.78 is 0. The summed E-state index contributed by atoms with van der Waals surface area (Å²) in [4.78, 5) is 1.25. The predicted molar refractivity (Wildman–Crippen MR) is 70.6 cm³/mol. The van der Waals surface area contributed by atoms with Crippen LogP contribution in [0.2, 0.25) is 0 Å². The summed E-state index contributed by atoms with van der Waals surface area (Å²) in [5.41, 5.74) is 7.29. The van der Waals surface area contributed by atoms with Crippen molar-refractivity contribution in [2.45, 2.75) is 31.2 Å². The Labute approximate surface area is 102 Å². The lowest BCUT2D eigenvalue weighted by atomic mass is 10.1. The van der Waals surface area contributed by atoms with Gasteiger partial charge in [0.25, 0.3) is 0 Å². The van der Waals surface area contributed by atoms with Crippen LogP contribution in [0.4, 0.5) is 0 Å². The van der Waals surface area contributed by atoms with E-state index in [2.05, 4.69) is 26.0 Å². The average Bonchev–Trinajstić information content (AvgIpc) is 2.35. The summed E-state index contributed by atoms with van der Waals surface area (Å²) in [6.07, 6.45) is 0.952. The van der Waals surface area contributed by atoms with Crippen molar-refractivity contribution >= 4 is 11.8 Å². The van der Waals surface area contributed by atoms with Gasteiger partial charge in [-0.25, -0.2) is 0 Å². The molecule has 0 bridgehead atoms. The molecule has 1 aromatic rings. The third-order valence-corrected chi connectivity index (χ3v) is 4.01. The van der Waals surface area contributed by atoms with Crippen molar-refractivity contribution in [3.63, 3.8) is 0 Å². The lowest BCUT2D eigenvalue weighted by Crippen LogP contribution is -2.10. The Morgan fingerprint density at radius 2 is 2.06 bits per heavy atom. The highest BCUT2D eigenvalue weighted by Crippen LogP contribution is 2.28. The maximum atomic E-state index is 9.00. The molecular formula is C13H21NOS. The van der Waals surface area contributed by atoms with Gasteiger partial charge in [0.05, 0.1) is 0 Å². The number of hydrogen-bond donors (Lipinski definition) is 2. The Morgan fingerprint density at radius 1 is 1.38 bits per heavy atom. The van der Waals surface area contributed by atoms with Gasteiger partial charge in [0.15, 0.2) is 0 Å². The van der Waals surface area contributed by atoms with Crippen LogP contribution in [-0.2, 0) is 0 Å². The Morgan fingerprint density at radius 3 is 2.69 bits per heavy atom. The van der Waals surface area contributed by atoms with Crippen molar-refractivity contribution in [2.75, 3.05) is 12.4 Å². The molecule has 0 aliphatic carbocycles. The molecule has 0 fully saturated rings. The van der Waals surface area contributed by atoms with Crippen LogP contribution in [0.25, 0.3) is 0 Å². The fraction of sp³-hybridized carbons (Fsp3) is 0.538. The standard InChI is InChI=1S/C13H21NOS/c1-3-12(14)11-6-4-5-7-13(11)16-9-10(2)8-15/h4-7,10,12,15H,3,8-9,14H2,1-2H3/t10?,12-/m1/s1. The molecule has 0 amide bonds. The number of nitrogens with two attached hydrogens (primary N) is 1. The zero-order valence-electron chi connectivity index (χ0n) is 10.0. The first-order valence-electron chi connectivity index (χ1n) is 5.77. The molecule has 0 radical (unpaired) electrons. The Balaban J connectivity index is 2.71. The van der Waals surface area contributed by atoms with Crippen molar-refractivity contribution < 1.29 is 5.11 Å². The minimum Gasteiger partial charge on any atom is -0.396 e. The molecule has 3 heteroatoms. The van der Waals surface area contributed by atoms with E-state index in [4.69, 9.17) is 10.8 Å². The summed E-state index contributed by atoms with van der Waals surface area (Å²) in [5.74, 6) is 1.26. The first-order valence-corrected chi connectivity index (χ1v) is 6.75. The van der Waals surface area contributed by atoms with Crippen molar-refractivity contribution in [3.8, 4) is 0 Å². The van der Waals surface area contributed by atoms with Crippen LogP contribution in [0, 0.1) is 5.92 Å². The maximum absolute atomic E-state index is 9.00. The summed E-state index contributed by atoms with van der Waals surface area (Å²) in [5, 5.41) is 9.00. The summed E-state index contributed by atoms with van der Waals surface area (Å²) in [6.45, 7) is 4.40. The van der Waals surface area contributed by atoms with E-state index in [0.717, 1.165) is 12.2 Å². The quantitative estimate of drug-likeness (QED) is 0.750. The van der Waals surface area contributed by atoms with E-state index in [0.29, 0.717) is 5.92 Å². The lowest BCUT2D eigenvalue weighted by molar-refractivity contribution is 0.250. The van der Waals surface area contributed by atoms with Gasteiger partial charge in [0, 0.05) is 23.3 Å². The van der Waals surface area contributed by atoms with Gasteiger partial charge in [-0.15, -0.1) is 11.8 Å². The third kappa shape index (κ3) is 3.81. The van der Waals surface area contributed by atoms with Crippen LogP contribution < -0.4 is 5.73 Å². The highest BCUT2D eigenvalue weighted by Gasteiger charge is 2.10. The monoisotopic (exact) mass is 239 g/mol. The molecule has 1 aromatic carbocycles. The van der Waals surface area contributed by atoms with Gasteiger partial charge in [0.1, 0.15) is 0 Å². The van der Waals surface area contributed by atoms with E-state index in [9.17, 15) is 0 Å². The second-order valence-electron chi connectivity index (χ2n) is 4.15. The Bertz CT molecular complexity index is 317. The van der Waals surface area contributed by atoms with Gasteiger partial charge in [0.2, 0.25) is 0 Å². The third-order valence-electron chi connectivity index (χ3n) is 2.59. The van der Waals surface area contributed by atoms with Gasteiger partial charge >= 0.3 is 0 Å². The molecule has 2 nitrogen and oxygen atoms in total. The van der Waals surface area contributed by atoms with Crippen molar-refractivity contribution in [1.82, 2.24) is 0 Å². The van der Waals surface area contributed by atoms with Gasteiger partial charge in [-0.2, -0.15) is 0 Å². The van der Waals surface area contributed by atoms with E-state index in [1.54, 1.807) is 11.8 Å². The molecule has 0 saturated heterocycles. The minimum atomic E-state index is 0.119. The fourth-order valence-electron chi connectivity index (χ4n) is 1.42. The highest BCUT2D eigenvalue weighted by atomic mass is 32.2. The highest BCUT2D eigenvalue weighted by molar-refractivity contribution is 7.99. The molecule has 0 aromatic heterocycles. The van der Waals surface area contributed by atoms with Gasteiger partial charge in [-0.05, 0) is 24.0 Å². The van der Waals surface area contributed by atoms with Crippen LogP contribution in [-0.4, -0.2) is 17.5 Å². The van der Waals surface area contributed by atoms with Crippen molar-refractivity contribution in [3.05, 3.63) is 29.8 Å². The van der Waals surface area contributed by atoms with Crippen LogP contribution in [0.3, 0.4) is 0 Å². The molecule has 3 N–H and O–H groups in total. The number of benzene rings is 1. The summed E-state index contributed by atoms with van der Waals surface area (Å²) in [7, 11) is 0. The second-order valence-corrected chi connectivity index (χ2v) is 5.21. The smallest absolute Gasteiger partial charge is 0.0464 e. The largest absolute Gasteiger partial charge is 0.396 e. The maximum Gasteiger partial charge on any atom is 0.0464 e. The number of thioether (sulfide) groups is 1. The molecule has 2 atom stereocenters. The van der Waals surface area contributed by atoms with Gasteiger partial charge in [-0.3, -0.25) is 0 Å². The normalized spacial score (nSPS) is 14.8. The van der Waals surface area contributed by atoms with Crippen LogP contribution >= 0.6 is 11.8 Å². The summed E-state index contributed by atoms with van der Waals surface area (Å²) in [6, 6.07) is 8.40. The lowest BCUT2D eigenvalue weighted by Gasteiger charge is -2.15. The molecule has 0 saturated carbocycles. The van der Waals surface area contributed by atoms with Crippen molar-refractivity contribution in [1.29, 1.82) is 0 Å². The second kappa shape index (κ2) is 6.94. The van der Waals surface area contributed by atoms with E-state index in [1.807, 2.05) is 12.1 Å². The van der Waals surface area contributed by atoms with E-state index >= 15 is 0 Å². The van der Waals surface area contributed by atoms with Crippen LogP contribution in [0.5, 0.6) is 0 Å². The molecule has 0 heterocycles. The topological polar surface area (TPSA) is 46.2 Å². The summed E-state index contributed by atoms with van der Waals surface area (Å²) >= 11 is 1.78. The molecule has 90 valence electrons. The molecule has 16 heavy (non-hydrogen) atoms. The molecule has 0 aliphatic heterocycles. The van der Waals surface area contributed by atoms with E-state index < -0.39 is 0 Å². The minimum absolute atomic E-state index is 0.119. The Kier molecular flexibility index (Phi) is 5.88. The zero-order valence-corrected chi connectivity index (χ0v) is 10.8. The average molecular weight is 239 g/mol. The fourth-order valence-corrected chi connectivity index (χ4v) is 2.55. The van der Waals surface area contributed by atoms with Crippen molar-refractivity contribution in [2.24, 2.45) is 11.7 Å². The number of aliphatic hydroxyl groups is 1. The number of rotatable bonds is 6. The van der Waals surface area contributed by atoms with Gasteiger partial charge in [-0.1, -0.05) is 32.0 Å². The number of aliphatic hydroxyl groups excluding tert-OH is 1. The van der Waals surface area contributed by atoms with Crippen LogP contribution in [0.1, 0.15) is 31.9 Å². The molecule has 0 aliphatic rings. The van der Waals surface area contributed by atoms with Crippen LogP contribution in [0.15, 0.2) is 29.2 Å². The number of hydrogen-bond acceptors (Lipinski definition) is 3. The van der Waals surface area contributed by atoms with E-state index in [1.165, 1.54) is 10.5 Å².